The lowest BCUT2D eigenvalue weighted by atomic mass is 10.2. The Morgan fingerprint density at radius 3 is 2.95 bits per heavy atom. The smallest absolute Gasteiger partial charge is 0.328 e. The van der Waals surface area contributed by atoms with Gasteiger partial charge in [-0.3, -0.25) is 4.79 Å². The van der Waals surface area contributed by atoms with E-state index in [1.807, 2.05) is 12.3 Å². The molecular weight excluding hydrogens is 308 g/mol. The Morgan fingerprint density at radius 2 is 2.29 bits per heavy atom. The third-order valence-corrected chi connectivity index (χ3v) is 4.71. The quantitative estimate of drug-likeness (QED) is 0.801. The van der Waals surface area contributed by atoms with Crippen molar-refractivity contribution in [1.82, 2.24) is 10.3 Å². The van der Waals surface area contributed by atoms with Crippen LogP contribution in [0.3, 0.4) is 0 Å². The standard InChI is InChI=1S/C14H14N2O3S2/c1-9-8-11(21-10(9)2-3-13(17)18)14(19)16-5-4-12-15-6-7-20-12/h2-3,6-8H,4-5H2,1H3,(H,16,19)(H,17,18)/b3-2+. The van der Waals surface area contributed by atoms with Gasteiger partial charge >= 0.3 is 5.97 Å². The number of carboxylic acids is 1. The molecule has 0 unspecified atom stereocenters. The van der Waals surface area contributed by atoms with Crippen LogP contribution in [0.25, 0.3) is 6.08 Å². The van der Waals surface area contributed by atoms with Crippen LogP contribution in [-0.2, 0) is 11.2 Å². The van der Waals surface area contributed by atoms with E-state index in [2.05, 4.69) is 10.3 Å². The molecule has 0 aliphatic carbocycles. The lowest BCUT2D eigenvalue weighted by molar-refractivity contribution is -0.131. The Balaban J connectivity index is 1.93. The van der Waals surface area contributed by atoms with Gasteiger partial charge in [-0.05, 0) is 24.6 Å². The van der Waals surface area contributed by atoms with Crippen molar-refractivity contribution < 1.29 is 14.7 Å². The molecule has 5 nitrogen and oxygen atoms in total. The molecule has 0 aromatic carbocycles. The molecule has 0 atom stereocenters. The first-order chi connectivity index (χ1) is 10.1. The molecule has 21 heavy (non-hydrogen) atoms. The number of nitrogens with one attached hydrogen (secondary N) is 1. The van der Waals surface area contributed by atoms with E-state index in [-0.39, 0.29) is 5.91 Å². The summed E-state index contributed by atoms with van der Waals surface area (Å²) in [6.07, 6.45) is 5.03. The van der Waals surface area contributed by atoms with Gasteiger partial charge in [-0.2, -0.15) is 0 Å². The molecule has 2 heterocycles. The summed E-state index contributed by atoms with van der Waals surface area (Å²) in [7, 11) is 0. The fourth-order valence-corrected chi connectivity index (χ4v) is 3.28. The Bertz CT molecular complexity index is 660. The highest BCUT2D eigenvalue weighted by Gasteiger charge is 2.11. The number of nitrogens with zero attached hydrogens (tertiary/aromatic N) is 1. The SMILES string of the molecule is Cc1cc(C(=O)NCCc2nccs2)sc1/C=C/C(=O)O. The zero-order chi connectivity index (χ0) is 15.2. The maximum atomic E-state index is 12.0. The van der Waals surface area contributed by atoms with E-state index >= 15 is 0 Å². The predicted octanol–water partition coefficient (Wildman–Crippen LogP) is 2.58. The summed E-state index contributed by atoms with van der Waals surface area (Å²) in [6.45, 7) is 2.38. The number of aromatic nitrogens is 1. The molecule has 0 radical (unpaired) electrons. The highest BCUT2D eigenvalue weighted by atomic mass is 32.1. The second kappa shape index (κ2) is 7.14. The molecule has 0 saturated carbocycles. The van der Waals surface area contributed by atoms with Crippen LogP contribution in [0, 0.1) is 6.92 Å². The van der Waals surface area contributed by atoms with Gasteiger partial charge in [0, 0.05) is 35.5 Å². The van der Waals surface area contributed by atoms with Crippen molar-refractivity contribution in [2.75, 3.05) is 6.54 Å². The van der Waals surface area contributed by atoms with Crippen LogP contribution in [0.5, 0.6) is 0 Å². The first-order valence-electron chi connectivity index (χ1n) is 6.24. The molecule has 2 aromatic heterocycles. The van der Waals surface area contributed by atoms with Gasteiger partial charge in [-0.1, -0.05) is 0 Å². The van der Waals surface area contributed by atoms with Gasteiger partial charge in [-0.15, -0.1) is 22.7 Å². The summed E-state index contributed by atoms with van der Waals surface area (Å²) in [5.41, 5.74) is 0.891. The Morgan fingerprint density at radius 1 is 1.48 bits per heavy atom. The molecule has 0 aliphatic heterocycles. The Hall–Kier alpha value is -1.99. The summed E-state index contributed by atoms with van der Waals surface area (Å²) in [5, 5.41) is 14.4. The fraction of sp³-hybridized carbons (Fsp3) is 0.214. The highest BCUT2D eigenvalue weighted by Crippen LogP contribution is 2.23. The van der Waals surface area contributed by atoms with E-state index in [0.29, 0.717) is 17.8 Å². The maximum absolute atomic E-state index is 12.0. The number of aliphatic carboxylic acids is 1. The van der Waals surface area contributed by atoms with Crippen LogP contribution in [0.2, 0.25) is 0 Å². The monoisotopic (exact) mass is 322 g/mol. The van der Waals surface area contributed by atoms with Crippen LogP contribution in [0.4, 0.5) is 0 Å². The van der Waals surface area contributed by atoms with Crippen molar-refractivity contribution in [2.45, 2.75) is 13.3 Å². The summed E-state index contributed by atoms with van der Waals surface area (Å²) in [5.74, 6) is -1.15. The molecule has 0 aliphatic rings. The van der Waals surface area contributed by atoms with E-state index in [4.69, 9.17) is 5.11 Å². The minimum absolute atomic E-state index is 0.144. The lowest BCUT2D eigenvalue weighted by Gasteiger charge is -2.01. The largest absolute Gasteiger partial charge is 0.478 e. The van der Waals surface area contributed by atoms with Gasteiger partial charge in [0.1, 0.15) is 0 Å². The first kappa shape index (κ1) is 15.4. The average molecular weight is 322 g/mol. The zero-order valence-electron chi connectivity index (χ0n) is 11.3. The van der Waals surface area contributed by atoms with Crippen LogP contribution in [0.15, 0.2) is 23.7 Å². The molecule has 2 N–H and O–H groups in total. The number of hydrogen-bond acceptors (Lipinski definition) is 5. The zero-order valence-corrected chi connectivity index (χ0v) is 13.0. The van der Waals surface area contributed by atoms with Gasteiger partial charge in [0.2, 0.25) is 0 Å². The summed E-state index contributed by atoms with van der Waals surface area (Å²) >= 11 is 2.84. The molecule has 7 heteroatoms. The molecule has 0 saturated heterocycles. The van der Waals surface area contributed by atoms with E-state index in [1.165, 1.54) is 17.4 Å². The minimum Gasteiger partial charge on any atom is -0.478 e. The van der Waals surface area contributed by atoms with Crippen molar-refractivity contribution >= 4 is 40.6 Å². The molecule has 0 bridgehead atoms. The number of hydrogen-bond donors (Lipinski definition) is 2. The van der Waals surface area contributed by atoms with E-state index in [1.54, 1.807) is 23.6 Å². The highest BCUT2D eigenvalue weighted by molar-refractivity contribution is 7.15. The van der Waals surface area contributed by atoms with Crippen molar-refractivity contribution in [2.24, 2.45) is 0 Å². The predicted molar refractivity (Wildman–Crippen MR) is 83.9 cm³/mol. The summed E-state index contributed by atoms with van der Waals surface area (Å²) in [6, 6.07) is 1.77. The number of carboxylic acid groups (broad SMARTS) is 1. The summed E-state index contributed by atoms with van der Waals surface area (Å²) < 4.78 is 0. The molecule has 0 fully saturated rings. The molecule has 1 amide bonds. The molecule has 2 aromatic rings. The topological polar surface area (TPSA) is 79.3 Å². The number of amides is 1. The second-order valence-electron chi connectivity index (χ2n) is 4.26. The first-order valence-corrected chi connectivity index (χ1v) is 7.94. The normalized spacial score (nSPS) is 10.9. The fourth-order valence-electron chi connectivity index (χ4n) is 1.67. The lowest BCUT2D eigenvalue weighted by Crippen LogP contribution is -2.24. The van der Waals surface area contributed by atoms with Crippen LogP contribution >= 0.6 is 22.7 Å². The van der Waals surface area contributed by atoms with Crippen LogP contribution in [-0.4, -0.2) is 28.5 Å². The Labute approximate surface area is 130 Å². The van der Waals surface area contributed by atoms with Gasteiger partial charge < -0.3 is 10.4 Å². The number of carbonyl (C=O) groups is 2. The maximum Gasteiger partial charge on any atom is 0.328 e. The third-order valence-electron chi connectivity index (χ3n) is 2.67. The number of carbonyl (C=O) groups excluding carboxylic acids is 1. The number of thiazole rings is 1. The van der Waals surface area contributed by atoms with Gasteiger partial charge in [0.05, 0.1) is 9.88 Å². The van der Waals surface area contributed by atoms with Crippen molar-refractivity contribution in [1.29, 1.82) is 0 Å². The van der Waals surface area contributed by atoms with Gasteiger partial charge in [0.25, 0.3) is 5.91 Å². The van der Waals surface area contributed by atoms with Crippen LogP contribution < -0.4 is 5.32 Å². The number of thiophene rings is 1. The number of rotatable bonds is 6. The number of aryl methyl sites for hydroxylation is 1. The van der Waals surface area contributed by atoms with Crippen molar-refractivity contribution in [3.8, 4) is 0 Å². The second-order valence-corrected chi connectivity index (χ2v) is 6.32. The van der Waals surface area contributed by atoms with Gasteiger partial charge in [0.15, 0.2) is 0 Å². The van der Waals surface area contributed by atoms with E-state index in [9.17, 15) is 9.59 Å². The molecular formula is C14H14N2O3S2. The summed E-state index contributed by atoms with van der Waals surface area (Å²) in [4.78, 5) is 28.0. The van der Waals surface area contributed by atoms with Crippen molar-refractivity contribution in [3.05, 3.63) is 44.0 Å². The Kier molecular flexibility index (Phi) is 5.24. The molecule has 2 rings (SSSR count). The van der Waals surface area contributed by atoms with E-state index in [0.717, 1.165) is 21.5 Å². The van der Waals surface area contributed by atoms with E-state index < -0.39 is 5.97 Å². The van der Waals surface area contributed by atoms with Crippen LogP contribution in [0.1, 0.15) is 25.1 Å². The third kappa shape index (κ3) is 4.51. The minimum atomic E-state index is -1.00. The van der Waals surface area contributed by atoms with Crippen molar-refractivity contribution in [3.63, 3.8) is 0 Å². The molecule has 0 spiro atoms. The molecule has 110 valence electrons. The van der Waals surface area contributed by atoms with Gasteiger partial charge in [-0.25, -0.2) is 9.78 Å². The average Bonchev–Trinajstić information content (AvgIpc) is 3.06.